The van der Waals surface area contributed by atoms with Crippen molar-refractivity contribution >= 4 is 23.5 Å². The number of aromatic nitrogens is 1. The van der Waals surface area contributed by atoms with E-state index in [1.54, 1.807) is 38.1 Å². The molecule has 0 amide bonds. The number of carbonyl (C=O) groups excluding carboxylic acids is 2. The van der Waals surface area contributed by atoms with Crippen molar-refractivity contribution in [2.75, 3.05) is 20.8 Å². The molecule has 0 aliphatic rings. The lowest BCUT2D eigenvalue weighted by molar-refractivity contribution is 0.0599. The number of nitrogens with zero attached hydrogens (tertiary/aromatic N) is 1. The molecule has 0 N–H and O–H groups in total. The van der Waals surface area contributed by atoms with Crippen molar-refractivity contribution in [2.24, 2.45) is 0 Å². The van der Waals surface area contributed by atoms with Crippen molar-refractivity contribution in [3.05, 3.63) is 75.6 Å². The van der Waals surface area contributed by atoms with Gasteiger partial charge in [-0.2, -0.15) is 0 Å². The minimum atomic E-state index is -0.609. The van der Waals surface area contributed by atoms with Gasteiger partial charge >= 0.3 is 11.9 Å². The summed E-state index contributed by atoms with van der Waals surface area (Å²) in [4.78, 5) is 29.8. The van der Waals surface area contributed by atoms with Gasteiger partial charge in [-0.05, 0) is 44.5 Å². The fourth-order valence-electron chi connectivity index (χ4n) is 3.66. The van der Waals surface area contributed by atoms with E-state index >= 15 is 0 Å². The number of methoxy groups -OCH3 is 2. The highest BCUT2D eigenvalue weighted by Gasteiger charge is 2.28. The van der Waals surface area contributed by atoms with Crippen LogP contribution < -0.4 is 9.47 Å². The lowest BCUT2D eigenvalue weighted by Gasteiger charge is -2.19. The van der Waals surface area contributed by atoms with E-state index in [0.29, 0.717) is 45.6 Å². The number of hydrogen-bond acceptors (Lipinski definition) is 7. The lowest BCUT2D eigenvalue weighted by Crippen LogP contribution is -2.16. The predicted molar refractivity (Wildman–Crippen MR) is 129 cm³/mol. The van der Waals surface area contributed by atoms with Crippen LogP contribution in [-0.4, -0.2) is 37.7 Å². The van der Waals surface area contributed by atoms with Crippen molar-refractivity contribution in [3.63, 3.8) is 0 Å². The number of rotatable bonds is 8. The van der Waals surface area contributed by atoms with Crippen LogP contribution in [-0.2, 0) is 16.1 Å². The van der Waals surface area contributed by atoms with E-state index < -0.39 is 11.9 Å². The zero-order valence-electron chi connectivity index (χ0n) is 19.7. The van der Waals surface area contributed by atoms with E-state index in [4.69, 9.17) is 30.5 Å². The fourth-order valence-corrected chi connectivity index (χ4v) is 3.85. The Hall–Kier alpha value is -3.58. The van der Waals surface area contributed by atoms with E-state index in [-0.39, 0.29) is 17.7 Å². The molecule has 0 aliphatic heterocycles. The molecule has 2 aromatic carbocycles. The molecule has 7 nitrogen and oxygen atoms in total. The Morgan fingerprint density at radius 2 is 1.50 bits per heavy atom. The van der Waals surface area contributed by atoms with Crippen molar-refractivity contribution < 1.29 is 28.5 Å². The van der Waals surface area contributed by atoms with Gasteiger partial charge in [-0.15, -0.1) is 0 Å². The molecule has 3 aromatic rings. The smallest absolute Gasteiger partial charge is 0.340 e. The number of benzene rings is 2. The monoisotopic (exact) mass is 483 g/mol. The molecular weight excluding hydrogens is 458 g/mol. The van der Waals surface area contributed by atoms with Gasteiger partial charge in [0.2, 0.25) is 0 Å². The molecule has 178 valence electrons. The van der Waals surface area contributed by atoms with Crippen LogP contribution in [0, 0.1) is 13.8 Å². The van der Waals surface area contributed by atoms with Crippen molar-refractivity contribution in [1.82, 2.24) is 4.98 Å². The molecule has 8 heteroatoms. The quantitative estimate of drug-likeness (QED) is 0.387. The van der Waals surface area contributed by atoms with Crippen LogP contribution >= 0.6 is 11.6 Å². The molecule has 1 aromatic heterocycles. The molecule has 0 saturated heterocycles. The van der Waals surface area contributed by atoms with Gasteiger partial charge in [0.25, 0.3) is 0 Å². The number of ether oxygens (including phenoxy) is 4. The Labute approximate surface area is 203 Å². The molecule has 0 aliphatic carbocycles. The summed E-state index contributed by atoms with van der Waals surface area (Å²) in [6, 6.07) is 12.6. The van der Waals surface area contributed by atoms with E-state index in [0.717, 1.165) is 5.56 Å². The Morgan fingerprint density at radius 1 is 0.882 bits per heavy atom. The molecule has 1 heterocycles. The minimum Gasteiger partial charge on any atom is -0.490 e. The highest BCUT2D eigenvalue weighted by Crippen LogP contribution is 2.38. The molecule has 0 fully saturated rings. The van der Waals surface area contributed by atoms with Crippen molar-refractivity contribution in [1.29, 1.82) is 0 Å². The van der Waals surface area contributed by atoms with Crippen LogP contribution in [0.15, 0.2) is 42.5 Å². The summed E-state index contributed by atoms with van der Waals surface area (Å²) in [5.74, 6) is -0.276. The van der Waals surface area contributed by atoms with E-state index in [1.807, 2.05) is 25.1 Å². The SMILES string of the molecule is CCOc1cc(-c2c(C(=O)OC)c(C)nc(C)c2C(=O)OC)ccc1OCc1ccccc1Cl. The average molecular weight is 484 g/mol. The first-order chi connectivity index (χ1) is 16.3. The number of carbonyl (C=O) groups is 2. The van der Waals surface area contributed by atoms with E-state index in [1.165, 1.54) is 14.2 Å². The maximum atomic E-state index is 12.7. The normalized spacial score (nSPS) is 10.5. The van der Waals surface area contributed by atoms with Gasteiger partial charge in [0.1, 0.15) is 6.61 Å². The first kappa shape index (κ1) is 25.1. The van der Waals surface area contributed by atoms with Gasteiger partial charge in [0, 0.05) is 16.1 Å². The van der Waals surface area contributed by atoms with Crippen molar-refractivity contribution in [3.8, 4) is 22.6 Å². The molecule has 0 atom stereocenters. The Morgan fingerprint density at radius 3 is 2.06 bits per heavy atom. The molecular formula is C26H26ClNO6. The predicted octanol–water partition coefficient (Wildman–Crippen LogP) is 5.57. The standard InChI is InChI=1S/C26H26ClNO6/c1-6-33-21-13-17(11-12-20(21)34-14-18-9-7-8-10-19(18)27)24-22(25(29)31-4)15(2)28-16(3)23(24)26(30)32-5/h7-13H,6,14H2,1-5H3. The second-order valence-corrected chi connectivity index (χ2v) is 7.77. The summed E-state index contributed by atoms with van der Waals surface area (Å²) in [6.45, 7) is 5.86. The summed E-state index contributed by atoms with van der Waals surface area (Å²) in [7, 11) is 2.56. The van der Waals surface area contributed by atoms with Gasteiger partial charge in [-0.1, -0.05) is 35.9 Å². The highest BCUT2D eigenvalue weighted by atomic mass is 35.5. The second-order valence-electron chi connectivity index (χ2n) is 7.37. The number of esters is 2. The summed E-state index contributed by atoms with van der Waals surface area (Å²) < 4.78 is 21.8. The topological polar surface area (TPSA) is 84.0 Å². The lowest BCUT2D eigenvalue weighted by atomic mass is 9.92. The van der Waals surface area contributed by atoms with Crippen LogP contribution in [0.1, 0.15) is 44.6 Å². The molecule has 34 heavy (non-hydrogen) atoms. The van der Waals surface area contributed by atoms with Gasteiger partial charge in [0.15, 0.2) is 11.5 Å². The molecule has 0 unspecified atom stereocenters. The fraction of sp³-hybridized carbons (Fsp3) is 0.269. The summed E-state index contributed by atoms with van der Waals surface area (Å²) in [5.41, 5.74) is 2.98. The van der Waals surface area contributed by atoms with E-state index in [9.17, 15) is 9.59 Å². The highest BCUT2D eigenvalue weighted by molar-refractivity contribution is 6.31. The Balaban J connectivity index is 2.15. The zero-order chi connectivity index (χ0) is 24.8. The third kappa shape index (κ3) is 5.15. The van der Waals surface area contributed by atoms with Crippen LogP contribution in [0.25, 0.3) is 11.1 Å². The molecule has 0 saturated carbocycles. The molecule has 0 radical (unpaired) electrons. The van der Waals surface area contributed by atoms with Crippen LogP contribution in [0.3, 0.4) is 0 Å². The second kappa shape index (κ2) is 11.0. The molecule has 3 rings (SSSR count). The van der Waals surface area contributed by atoms with Crippen molar-refractivity contribution in [2.45, 2.75) is 27.4 Å². The van der Waals surface area contributed by atoms with Crippen LogP contribution in [0.5, 0.6) is 11.5 Å². The Bertz CT molecular complexity index is 1180. The molecule has 0 spiro atoms. The maximum Gasteiger partial charge on any atom is 0.340 e. The Kier molecular flexibility index (Phi) is 8.12. The average Bonchev–Trinajstić information content (AvgIpc) is 2.83. The van der Waals surface area contributed by atoms with Crippen LogP contribution in [0.2, 0.25) is 5.02 Å². The van der Waals surface area contributed by atoms with Gasteiger partial charge in [0.05, 0.1) is 43.3 Å². The molecule has 0 bridgehead atoms. The third-order valence-electron chi connectivity index (χ3n) is 5.21. The summed E-state index contributed by atoms with van der Waals surface area (Å²) in [5, 5.41) is 0.602. The zero-order valence-corrected chi connectivity index (χ0v) is 20.5. The van der Waals surface area contributed by atoms with Gasteiger partial charge < -0.3 is 18.9 Å². The largest absolute Gasteiger partial charge is 0.490 e. The number of pyridine rings is 1. The number of halogens is 1. The van der Waals surface area contributed by atoms with Crippen LogP contribution in [0.4, 0.5) is 0 Å². The number of hydrogen-bond donors (Lipinski definition) is 0. The van der Waals surface area contributed by atoms with E-state index in [2.05, 4.69) is 4.98 Å². The first-order valence-electron chi connectivity index (χ1n) is 10.6. The third-order valence-corrected chi connectivity index (χ3v) is 5.58. The maximum absolute atomic E-state index is 12.7. The van der Waals surface area contributed by atoms with Gasteiger partial charge in [-0.25, -0.2) is 9.59 Å². The summed E-state index contributed by atoms with van der Waals surface area (Å²) >= 11 is 6.24. The first-order valence-corrected chi connectivity index (χ1v) is 11.0. The summed E-state index contributed by atoms with van der Waals surface area (Å²) in [6.07, 6.45) is 0. The number of aryl methyl sites for hydroxylation is 2. The van der Waals surface area contributed by atoms with Gasteiger partial charge in [-0.3, -0.25) is 4.98 Å². The minimum absolute atomic E-state index is 0.181.